The molecule has 0 radical (unpaired) electrons. The lowest BCUT2D eigenvalue weighted by Crippen LogP contribution is -2.23. The lowest BCUT2D eigenvalue weighted by Gasteiger charge is -2.23. The lowest BCUT2D eigenvalue weighted by molar-refractivity contribution is 0.0176. The molecule has 0 aromatic carbocycles. The van der Waals surface area contributed by atoms with E-state index in [9.17, 15) is 0 Å². The Bertz CT molecular complexity index is 390. The molecule has 1 fully saturated rings. The molecule has 2 rings (SSSR count). The van der Waals surface area contributed by atoms with Crippen LogP contribution in [0.25, 0.3) is 0 Å². The largest absolute Gasteiger partial charge is 0.484 e. The van der Waals surface area contributed by atoms with Gasteiger partial charge in [0.1, 0.15) is 11.4 Å². The van der Waals surface area contributed by atoms with Crippen molar-refractivity contribution in [2.24, 2.45) is 0 Å². The van der Waals surface area contributed by atoms with Gasteiger partial charge in [-0.25, -0.2) is 0 Å². The van der Waals surface area contributed by atoms with Crippen LogP contribution in [0.5, 0.6) is 0 Å². The minimum absolute atomic E-state index is 0.159. The highest BCUT2D eigenvalue weighted by Crippen LogP contribution is 2.37. The van der Waals surface area contributed by atoms with Gasteiger partial charge >= 0.3 is 0 Å². The molecular formula is C15H22O2. The van der Waals surface area contributed by atoms with Crippen molar-refractivity contribution in [1.29, 1.82) is 0 Å². The SMILES string of the molecule is C=C[C@@]1(C)CC[C@H](/C(C)=C2/C=CC(C)(C)O2)O1. The van der Waals surface area contributed by atoms with Crippen LogP contribution >= 0.6 is 0 Å². The maximum Gasteiger partial charge on any atom is 0.122 e. The van der Waals surface area contributed by atoms with Crippen LogP contribution in [0.15, 0.2) is 36.1 Å². The molecule has 0 bridgehead atoms. The Labute approximate surface area is 104 Å². The van der Waals surface area contributed by atoms with Crippen LogP contribution in [0.4, 0.5) is 0 Å². The zero-order valence-electron chi connectivity index (χ0n) is 11.2. The van der Waals surface area contributed by atoms with Gasteiger partial charge in [0, 0.05) is 0 Å². The van der Waals surface area contributed by atoms with Gasteiger partial charge in [0.25, 0.3) is 0 Å². The monoisotopic (exact) mass is 234 g/mol. The Hall–Kier alpha value is -1.02. The molecular weight excluding hydrogens is 212 g/mol. The van der Waals surface area contributed by atoms with E-state index in [1.54, 1.807) is 0 Å². The molecule has 0 saturated carbocycles. The van der Waals surface area contributed by atoms with Gasteiger partial charge in [-0.3, -0.25) is 0 Å². The molecule has 0 N–H and O–H groups in total. The lowest BCUT2D eigenvalue weighted by atomic mass is 10.0. The van der Waals surface area contributed by atoms with Crippen molar-refractivity contribution in [2.75, 3.05) is 0 Å². The molecule has 0 aromatic rings. The van der Waals surface area contributed by atoms with Crippen LogP contribution < -0.4 is 0 Å². The number of hydrogen-bond acceptors (Lipinski definition) is 2. The van der Waals surface area contributed by atoms with E-state index in [4.69, 9.17) is 9.47 Å². The Morgan fingerprint density at radius 2 is 2.18 bits per heavy atom. The van der Waals surface area contributed by atoms with Crippen molar-refractivity contribution in [2.45, 2.75) is 57.8 Å². The summed E-state index contributed by atoms with van der Waals surface area (Å²) < 4.78 is 11.9. The van der Waals surface area contributed by atoms with Crippen LogP contribution in [-0.4, -0.2) is 17.3 Å². The van der Waals surface area contributed by atoms with Gasteiger partial charge in [0.15, 0.2) is 0 Å². The first kappa shape index (κ1) is 12.4. The molecule has 17 heavy (non-hydrogen) atoms. The standard InChI is InChI=1S/C15H22O2/c1-6-15(5)10-8-13(17-15)11(2)12-7-9-14(3,4)16-12/h6-7,9,13H,1,8,10H2,2-5H3/b12-11-/t13-,15+/m1/s1. The predicted octanol–water partition coefficient (Wildman–Crippen LogP) is 3.75. The highest BCUT2D eigenvalue weighted by Gasteiger charge is 2.36. The highest BCUT2D eigenvalue weighted by molar-refractivity contribution is 5.30. The first-order valence-corrected chi connectivity index (χ1v) is 6.26. The van der Waals surface area contributed by atoms with Crippen molar-refractivity contribution in [3.05, 3.63) is 36.1 Å². The predicted molar refractivity (Wildman–Crippen MR) is 69.7 cm³/mol. The first-order chi connectivity index (χ1) is 7.85. The number of ether oxygens (including phenoxy) is 2. The Kier molecular flexibility index (Phi) is 2.94. The summed E-state index contributed by atoms with van der Waals surface area (Å²) in [6, 6.07) is 0. The number of hydrogen-bond donors (Lipinski definition) is 0. The maximum absolute atomic E-state index is 6.05. The van der Waals surface area contributed by atoms with Gasteiger partial charge in [0.2, 0.25) is 0 Å². The van der Waals surface area contributed by atoms with Crippen LogP contribution in [0.3, 0.4) is 0 Å². The van der Waals surface area contributed by atoms with E-state index in [1.165, 1.54) is 5.57 Å². The van der Waals surface area contributed by atoms with Crippen LogP contribution in [-0.2, 0) is 9.47 Å². The van der Waals surface area contributed by atoms with Crippen molar-refractivity contribution in [3.63, 3.8) is 0 Å². The molecule has 1 saturated heterocycles. The Balaban J connectivity index is 2.13. The molecule has 2 heterocycles. The molecule has 0 amide bonds. The van der Waals surface area contributed by atoms with Crippen molar-refractivity contribution >= 4 is 0 Å². The molecule has 0 unspecified atom stereocenters. The van der Waals surface area contributed by atoms with Gasteiger partial charge in [-0.05, 0) is 58.3 Å². The average Bonchev–Trinajstić information content (AvgIpc) is 2.82. The second kappa shape index (κ2) is 4.02. The smallest absolute Gasteiger partial charge is 0.122 e. The van der Waals surface area contributed by atoms with E-state index in [1.807, 2.05) is 6.08 Å². The van der Waals surface area contributed by atoms with E-state index in [2.05, 4.69) is 46.4 Å². The molecule has 94 valence electrons. The molecule has 2 heteroatoms. The summed E-state index contributed by atoms with van der Waals surface area (Å²) >= 11 is 0. The van der Waals surface area contributed by atoms with Gasteiger partial charge in [-0.15, -0.1) is 6.58 Å². The molecule has 0 aliphatic carbocycles. The summed E-state index contributed by atoms with van der Waals surface area (Å²) in [5, 5.41) is 0. The van der Waals surface area contributed by atoms with Crippen molar-refractivity contribution in [1.82, 2.24) is 0 Å². The number of allylic oxidation sites excluding steroid dienone is 1. The summed E-state index contributed by atoms with van der Waals surface area (Å²) in [7, 11) is 0. The van der Waals surface area contributed by atoms with E-state index in [0.29, 0.717) is 0 Å². The average molecular weight is 234 g/mol. The van der Waals surface area contributed by atoms with E-state index < -0.39 is 0 Å². The van der Waals surface area contributed by atoms with Crippen LogP contribution in [0.2, 0.25) is 0 Å². The van der Waals surface area contributed by atoms with Crippen LogP contribution in [0.1, 0.15) is 40.5 Å². The highest BCUT2D eigenvalue weighted by atomic mass is 16.5. The van der Waals surface area contributed by atoms with Gasteiger partial charge < -0.3 is 9.47 Å². The number of rotatable bonds is 2. The van der Waals surface area contributed by atoms with Gasteiger partial charge in [-0.2, -0.15) is 0 Å². The van der Waals surface area contributed by atoms with Crippen molar-refractivity contribution < 1.29 is 9.47 Å². The third kappa shape index (κ3) is 2.47. The zero-order chi connectivity index (χ0) is 12.7. The molecule has 0 aromatic heterocycles. The fourth-order valence-corrected chi connectivity index (χ4v) is 2.31. The Morgan fingerprint density at radius 3 is 2.65 bits per heavy atom. The fraction of sp³-hybridized carbons (Fsp3) is 0.600. The van der Waals surface area contributed by atoms with Gasteiger partial charge in [-0.1, -0.05) is 6.08 Å². The normalized spacial score (nSPS) is 38.0. The van der Waals surface area contributed by atoms with E-state index in [0.717, 1.165) is 18.6 Å². The Morgan fingerprint density at radius 1 is 1.47 bits per heavy atom. The van der Waals surface area contributed by atoms with E-state index in [-0.39, 0.29) is 17.3 Å². The van der Waals surface area contributed by atoms with E-state index >= 15 is 0 Å². The topological polar surface area (TPSA) is 18.5 Å². The third-order valence-corrected chi connectivity index (χ3v) is 3.63. The minimum atomic E-state index is -0.184. The zero-order valence-corrected chi connectivity index (χ0v) is 11.2. The summed E-state index contributed by atoms with van der Waals surface area (Å²) in [6.45, 7) is 12.2. The molecule has 2 atom stereocenters. The second-order valence-corrected chi connectivity index (χ2v) is 5.75. The first-order valence-electron chi connectivity index (χ1n) is 6.26. The minimum Gasteiger partial charge on any atom is -0.484 e. The van der Waals surface area contributed by atoms with Gasteiger partial charge in [0.05, 0.1) is 11.7 Å². The second-order valence-electron chi connectivity index (χ2n) is 5.75. The molecule has 2 aliphatic rings. The third-order valence-electron chi connectivity index (χ3n) is 3.63. The summed E-state index contributed by atoms with van der Waals surface area (Å²) in [5.74, 6) is 0.966. The van der Waals surface area contributed by atoms with Crippen LogP contribution in [0, 0.1) is 0 Å². The molecule has 2 aliphatic heterocycles. The summed E-state index contributed by atoms with van der Waals surface area (Å²) in [6.07, 6.45) is 8.27. The quantitative estimate of drug-likeness (QED) is 0.677. The summed E-state index contributed by atoms with van der Waals surface area (Å²) in [5.41, 5.74) is 0.832. The summed E-state index contributed by atoms with van der Waals surface area (Å²) in [4.78, 5) is 0. The van der Waals surface area contributed by atoms with Crippen molar-refractivity contribution in [3.8, 4) is 0 Å². The maximum atomic E-state index is 6.05. The molecule has 0 spiro atoms. The fourth-order valence-electron chi connectivity index (χ4n) is 2.31. The molecule has 2 nitrogen and oxygen atoms in total.